The van der Waals surface area contributed by atoms with Crippen LogP contribution in [0.1, 0.15) is 40.5 Å². The SMILES string of the molecule is Cn1ccc(-c2ccc(-c3cnc(NC4CC(C)(C)NC(C)(C)C4)nn3)c(O)c2)n1. The number of hydrogen-bond acceptors (Lipinski definition) is 7. The van der Waals surface area contributed by atoms with Crippen LogP contribution < -0.4 is 10.6 Å². The molecule has 1 aromatic carbocycles. The van der Waals surface area contributed by atoms with E-state index in [2.05, 4.69) is 58.6 Å². The first-order valence-corrected chi connectivity index (χ1v) is 10.2. The lowest BCUT2D eigenvalue weighted by Crippen LogP contribution is -2.60. The number of rotatable bonds is 4. The lowest BCUT2D eigenvalue weighted by molar-refractivity contribution is 0.170. The van der Waals surface area contributed by atoms with Gasteiger partial charge in [-0.1, -0.05) is 6.07 Å². The van der Waals surface area contributed by atoms with Crippen LogP contribution >= 0.6 is 0 Å². The summed E-state index contributed by atoms with van der Waals surface area (Å²) < 4.78 is 1.73. The molecule has 1 aliphatic rings. The van der Waals surface area contributed by atoms with E-state index in [9.17, 15) is 5.11 Å². The van der Waals surface area contributed by atoms with Crippen molar-refractivity contribution in [3.63, 3.8) is 0 Å². The minimum atomic E-state index is 0.0356. The van der Waals surface area contributed by atoms with Gasteiger partial charge in [-0.25, -0.2) is 4.98 Å². The molecule has 3 N–H and O–H groups in total. The average molecular weight is 408 g/mol. The zero-order chi connectivity index (χ0) is 21.5. The van der Waals surface area contributed by atoms with Crippen molar-refractivity contribution in [3.05, 3.63) is 36.7 Å². The van der Waals surface area contributed by atoms with Crippen molar-refractivity contribution in [2.24, 2.45) is 7.05 Å². The van der Waals surface area contributed by atoms with Crippen LogP contribution in [0, 0.1) is 0 Å². The van der Waals surface area contributed by atoms with E-state index in [0.29, 0.717) is 17.2 Å². The van der Waals surface area contributed by atoms with Crippen molar-refractivity contribution >= 4 is 5.95 Å². The first-order chi connectivity index (χ1) is 14.1. The summed E-state index contributed by atoms with van der Waals surface area (Å²) in [4.78, 5) is 4.44. The van der Waals surface area contributed by atoms with Gasteiger partial charge in [-0.15, -0.1) is 10.2 Å². The molecule has 0 atom stereocenters. The Morgan fingerprint density at radius 2 is 1.80 bits per heavy atom. The summed E-state index contributed by atoms with van der Waals surface area (Å²) in [6, 6.07) is 7.57. The maximum Gasteiger partial charge on any atom is 0.242 e. The summed E-state index contributed by atoms with van der Waals surface area (Å²) >= 11 is 0. The number of nitrogens with one attached hydrogen (secondary N) is 2. The molecule has 3 heterocycles. The number of aromatic nitrogens is 5. The van der Waals surface area contributed by atoms with Gasteiger partial charge in [-0.2, -0.15) is 5.10 Å². The molecule has 1 saturated heterocycles. The number of aryl methyl sites for hydroxylation is 1. The van der Waals surface area contributed by atoms with Gasteiger partial charge < -0.3 is 15.7 Å². The Balaban J connectivity index is 1.50. The maximum atomic E-state index is 10.5. The van der Waals surface area contributed by atoms with E-state index in [1.54, 1.807) is 16.9 Å². The zero-order valence-corrected chi connectivity index (χ0v) is 18.1. The maximum absolute atomic E-state index is 10.5. The molecule has 1 aliphatic heterocycles. The Morgan fingerprint density at radius 1 is 1.07 bits per heavy atom. The molecule has 0 bridgehead atoms. The molecule has 3 aromatic rings. The van der Waals surface area contributed by atoms with Crippen molar-refractivity contribution in [1.82, 2.24) is 30.3 Å². The van der Waals surface area contributed by atoms with Crippen LogP contribution in [0.5, 0.6) is 5.75 Å². The number of benzene rings is 1. The lowest BCUT2D eigenvalue weighted by Gasteiger charge is -2.46. The molecule has 158 valence electrons. The molecule has 8 heteroatoms. The lowest BCUT2D eigenvalue weighted by atomic mass is 9.80. The first kappa shape index (κ1) is 20.3. The molecule has 0 unspecified atom stereocenters. The molecule has 0 spiro atoms. The topological polar surface area (TPSA) is 101 Å². The molecule has 1 fully saturated rings. The Kier molecular flexibility index (Phi) is 4.97. The third-order valence-corrected chi connectivity index (χ3v) is 5.37. The van der Waals surface area contributed by atoms with Crippen molar-refractivity contribution < 1.29 is 5.11 Å². The second kappa shape index (κ2) is 7.36. The molecular formula is C22H29N7O. The molecule has 0 saturated carbocycles. The monoisotopic (exact) mass is 407 g/mol. The molecule has 0 radical (unpaired) electrons. The number of phenols is 1. The largest absolute Gasteiger partial charge is 0.507 e. The van der Waals surface area contributed by atoms with Gasteiger partial charge in [0.15, 0.2) is 0 Å². The van der Waals surface area contributed by atoms with Crippen molar-refractivity contribution in [1.29, 1.82) is 0 Å². The summed E-state index contributed by atoms with van der Waals surface area (Å²) in [5.74, 6) is 0.624. The quantitative estimate of drug-likeness (QED) is 0.609. The average Bonchev–Trinajstić information content (AvgIpc) is 3.06. The molecule has 0 aliphatic carbocycles. The Hall–Kier alpha value is -3.00. The summed E-state index contributed by atoms with van der Waals surface area (Å²) in [6.07, 6.45) is 5.45. The van der Waals surface area contributed by atoms with Crippen molar-refractivity contribution in [3.8, 4) is 28.3 Å². The van der Waals surface area contributed by atoms with Gasteiger partial charge >= 0.3 is 0 Å². The van der Waals surface area contributed by atoms with E-state index in [1.807, 2.05) is 31.4 Å². The van der Waals surface area contributed by atoms with E-state index in [0.717, 1.165) is 24.1 Å². The molecule has 30 heavy (non-hydrogen) atoms. The fourth-order valence-corrected chi connectivity index (χ4v) is 4.55. The highest BCUT2D eigenvalue weighted by Gasteiger charge is 2.37. The van der Waals surface area contributed by atoms with Crippen molar-refractivity contribution in [2.75, 3.05) is 5.32 Å². The molecule has 8 nitrogen and oxygen atoms in total. The summed E-state index contributed by atoms with van der Waals surface area (Å²) in [5.41, 5.74) is 2.83. The van der Waals surface area contributed by atoms with E-state index in [-0.39, 0.29) is 22.9 Å². The van der Waals surface area contributed by atoms with Crippen LogP contribution in [-0.4, -0.2) is 47.2 Å². The van der Waals surface area contributed by atoms with Gasteiger partial charge in [0, 0.05) is 41.5 Å². The van der Waals surface area contributed by atoms with Gasteiger partial charge in [0.25, 0.3) is 0 Å². The number of aromatic hydroxyl groups is 1. The fraction of sp³-hybridized carbons (Fsp3) is 0.455. The van der Waals surface area contributed by atoms with Gasteiger partial charge in [0.2, 0.25) is 5.95 Å². The summed E-state index contributed by atoms with van der Waals surface area (Å²) in [7, 11) is 1.86. The van der Waals surface area contributed by atoms with Crippen LogP contribution in [0.25, 0.3) is 22.5 Å². The second-order valence-corrected chi connectivity index (χ2v) is 9.42. The van der Waals surface area contributed by atoms with Crippen LogP contribution in [0.4, 0.5) is 5.95 Å². The van der Waals surface area contributed by atoms with Gasteiger partial charge in [-0.05, 0) is 58.7 Å². The van der Waals surface area contributed by atoms with Crippen LogP contribution in [0.2, 0.25) is 0 Å². The second-order valence-electron chi connectivity index (χ2n) is 9.42. The number of anilines is 1. The van der Waals surface area contributed by atoms with Gasteiger partial charge in [0.05, 0.1) is 11.9 Å². The Morgan fingerprint density at radius 3 is 2.37 bits per heavy atom. The third-order valence-electron chi connectivity index (χ3n) is 5.37. The van der Waals surface area contributed by atoms with Crippen LogP contribution in [-0.2, 0) is 7.05 Å². The molecular weight excluding hydrogens is 378 g/mol. The van der Waals surface area contributed by atoms with E-state index in [4.69, 9.17) is 0 Å². The summed E-state index contributed by atoms with van der Waals surface area (Å²) in [6.45, 7) is 8.84. The highest BCUT2D eigenvalue weighted by molar-refractivity contribution is 5.72. The van der Waals surface area contributed by atoms with Crippen LogP contribution in [0.3, 0.4) is 0 Å². The number of hydrogen-bond donors (Lipinski definition) is 3. The van der Waals surface area contributed by atoms with E-state index < -0.39 is 0 Å². The van der Waals surface area contributed by atoms with Gasteiger partial charge in [-0.3, -0.25) is 4.68 Å². The minimum Gasteiger partial charge on any atom is -0.507 e. The zero-order valence-electron chi connectivity index (χ0n) is 18.1. The third kappa shape index (κ3) is 4.43. The van der Waals surface area contributed by atoms with E-state index >= 15 is 0 Å². The number of nitrogens with zero attached hydrogens (tertiary/aromatic N) is 5. The molecule has 2 aromatic heterocycles. The molecule has 4 rings (SSSR count). The Bertz CT molecular complexity index is 1020. The number of piperidine rings is 1. The predicted octanol–water partition coefficient (Wildman–Crippen LogP) is 3.37. The van der Waals surface area contributed by atoms with E-state index in [1.165, 1.54) is 0 Å². The normalized spacial score (nSPS) is 18.3. The number of phenolic OH excluding ortho intramolecular Hbond substituents is 1. The molecule has 0 amide bonds. The predicted molar refractivity (Wildman–Crippen MR) is 117 cm³/mol. The first-order valence-electron chi connectivity index (χ1n) is 10.2. The Labute approximate surface area is 176 Å². The highest BCUT2D eigenvalue weighted by Crippen LogP contribution is 2.32. The van der Waals surface area contributed by atoms with Crippen LogP contribution in [0.15, 0.2) is 36.7 Å². The summed E-state index contributed by atoms with van der Waals surface area (Å²) in [5, 5.41) is 30.5. The van der Waals surface area contributed by atoms with Crippen molar-refractivity contribution in [2.45, 2.75) is 57.7 Å². The highest BCUT2D eigenvalue weighted by atomic mass is 16.3. The van der Waals surface area contributed by atoms with Gasteiger partial charge in [0.1, 0.15) is 11.4 Å². The smallest absolute Gasteiger partial charge is 0.242 e. The minimum absolute atomic E-state index is 0.0356. The fourth-order valence-electron chi connectivity index (χ4n) is 4.55. The standard InChI is InChI=1S/C22H29N7O/c1-21(2)11-15(12-22(3,4)28-21)24-20-23-13-18(25-26-20)16-7-6-14(10-19(16)30)17-8-9-29(5)27-17/h6-10,13,15,28,30H,11-12H2,1-5H3,(H,23,24,26).